The summed E-state index contributed by atoms with van der Waals surface area (Å²) in [4.78, 5) is 12.5. The summed E-state index contributed by atoms with van der Waals surface area (Å²) in [7, 11) is -2.72. The summed E-state index contributed by atoms with van der Waals surface area (Å²) in [5.41, 5.74) is 0.474. The highest BCUT2D eigenvalue weighted by molar-refractivity contribution is 7.92. The Kier molecular flexibility index (Phi) is 4.85. The van der Waals surface area contributed by atoms with Crippen molar-refractivity contribution in [3.05, 3.63) is 52.5 Å². The lowest BCUT2D eigenvalue weighted by molar-refractivity contribution is -0.137. The monoisotopic (exact) mass is 418 g/mol. The van der Waals surface area contributed by atoms with Gasteiger partial charge in [0, 0.05) is 24.8 Å². The van der Waals surface area contributed by atoms with Gasteiger partial charge in [0.15, 0.2) is 0 Å². The highest BCUT2D eigenvalue weighted by Gasteiger charge is 2.33. The van der Waals surface area contributed by atoms with Gasteiger partial charge >= 0.3 is 6.18 Å². The molecule has 0 saturated carbocycles. The quantitative estimate of drug-likeness (QED) is 0.817. The minimum Gasteiger partial charge on any atom is -0.315 e. The van der Waals surface area contributed by atoms with E-state index in [9.17, 15) is 26.4 Å². The molecule has 2 aromatic carbocycles. The minimum atomic E-state index is -4.70. The number of nitrogens with zero attached hydrogens (tertiary/aromatic N) is 1. The summed E-state index contributed by atoms with van der Waals surface area (Å²) in [5, 5.41) is -0.321. The number of hydrogen-bond donors (Lipinski definition) is 1. The molecule has 0 radical (unpaired) electrons. The third kappa shape index (κ3) is 3.89. The molecule has 0 unspecified atom stereocenters. The lowest BCUT2D eigenvalue weighted by Gasteiger charge is -2.26. The van der Waals surface area contributed by atoms with Gasteiger partial charge in [-0.1, -0.05) is 11.6 Å². The van der Waals surface area contributed by atoms with Gasteiger partial charge in [-0.3, -0.25) is 9.52 Å². The topological polar surface area (TPSA) is 66.5 Å². The number of fused-ring (bicyclic) bond motifs is 1. The molecule has 2 aromatic rings. The summed E-state index contributed by atoms with van der Waals surface area (Å²) in [6.07, 6.45) is -3.96. The van der Waals surface area contributed by atoms with E-state index in [1.165, 1.54) is 11.0 Å². The van der Waals surface area contributed by atoms with Crippen LogP contribution in [0.4, 0.5) is 24.5 Å². The number of aryl methyl sites for hydroxylation is 1. The lowest BCUT2D eigenvalue weighted by Crippen LogP contribution is -2.31. The van der Waals surface area contributed by atoms with E-state index in [4.69, 9.17) is 11.6 Å². The van der Waals surface area contributed by atoms with Crippen molar-refractivity contribution in [2.45, 2.75) is 23.9 Å². The fraction of sp³-hybridized carbons (Fsp3) is 0.235. The van der Waals surface area contributed by atoms with Crippen LogP contribution < -0.4 is 9.62 Å². The van der Waals surface area contributed by atoms with Crippen molar-refractivity contribution in [2.75, 3.05) is 16.7 Å². The number of anilines is 2. The van der Waals surface area contributed by atoms with Crippen LogP contribution in [0.3, 0.4) is 0 Å². The summed E-state index contributed by atoms with van der Waals surface area (Å²) >= 11 is 5.82. The third-order valence-electron chi connectivity index (χ3n) is 4.22. The molecule has 1 amide bonds. The van der Waals surface area contributed by atoms with Crippen LogP contribution in [0.1, 0.15) is 17.5 Å². The fourth-order valence-electron chi connectivity index (χ4n) is 2.82. The number of carbonyl (C=O) groups excluding carboxylic acids is 1. The van der Waals surface area contributed by atoms with Gasteiger partial charge in [0.1, 0.15) is 4.90 Å². The van der Waals surface area contributed by atoms with Gasteiger partial charge in [-0.15, -0.1) is 0 Å². The predicted octanol–water partition coefficient (Wildman–Crippen LogP) is 4.07. The number of amides is 1. The standard InChI is InChI=1S/C17H14ClF3N2O3S/c1-23-14-6-4-12(8-10(14)2-7-16(23)24)22-27(25,26)15-9-11(17(19,20)21)3-5-13(15)18/h3-6,8-9,22H,2,7H2,1H3. The maximum absolute atomic E-state index is 12.9. The van der Waals surface area contributed by atoms with Crippen molar-refractivity contribution in [2.24, 2.45) is 0 Å². The molecule has 1 aliphatic heterocycles. The smallest absolute Gasteiger partial charge is 0.315 e. The maximum Gasteiger partial charge on any atom is 0.416 e. The predicted molar refractivity (Wildman–Crippen MR) is 95.4 cm³/mol. The SMILES string of the molecule is CN1C(=O)CCc2cc(NS(=O)(=O)c3cc(C(F)(F)F)ccc3Cl)ccc21. The summed E-state index contributed by atoms with van der Waals surface area (Å²) in [5.74, 6) is -0.0495. The van der Waals surface area contributed by atoms with Crippen LogP contribution in [0.5, 0.6) is 0 Å². The summed E-state index contributed by atoms with van der Waals surface area (Å²) < 4.78 is 66.0. The molecule has 0 atom stereocenters. The Bertz CT molecular complexity index is 1020. The van der Waals surface area contributed by atoms with E-state index in [0.717, 1.165) is 11.6 Å². The lowest BCUT2D eigenvalue weighted by atomic mass is 10.0. The zero-order valence-corrected chi connectivity index (χ0v) is 15.5. The van der Waals surface area contributed by atoms with E-state index in [2.05, 4.69) is 4.72 Å². The fourth-order valence-corrected chi connectivity index (χ4v) is 4.39. The molecule has 144 valence electrons. The number of hydrogen-bond acceptors (Lipinski definition) is 3. The van der Waals surface area contributed by atoms with Crippen LogP contribution >= 0.6 is 11.6 Å². The Labute approximate surface area is 158 Å². The van der Waals surface area contributed by atoms with Gasteiger partial charge in [0.05, 0.1) is 10.6 Å². The van der Waals surface area contributed by atoms with Gasteiger partial charge in [-0.05, 0) is 48.4 Å². The molecule has 1 aliphatic rings. The normalized spacial score (nSPS) is 14.9. The number of halogens is 4. The Balaban J connectivity index is 1.95. The van der Waals surface area contributed by atoms with Crippen LogP contribution in [-0.2, 0) is 27.4 Å². The Hall–Kier alpha value is -2.26. The van der Waals surface area contributed by atoms with E-state index >= 15 is 0 Å². The molecule has 27 heavy (non-hydrogen) atoms. The first-order valence-electron chi connectivity index (χ1n) is 7.78. The largest absolute Gasteiger partial charge is 0.416 e. The van der Waals surface area contributed by atoms with Gasteiger partial charge in [0.2, 0.25) is 5.91 Å². The van der Waals surface area contributed by atoms with Crippen LogP contribution in [0.15, 0.2) is 41.3 Å². The average Bonchev–Trinajstić information content (AvgIpc) is 2.57. The van der Waals surface area contributed by atoms with E-state index in [0.29, 0.717) is 30.7 Å². The first-order chi connectivity index (χ1) is 12.5. The number of benzene rings is 2. The Morgan fingerprint density at radius 3 is 2.48 bits per heavy atom. The van der Waals surface area contributed by atoms with E-state index in [1.807, 2.05) is 0 Å². The minimum absolute atomic E-state index is 0.0495. The van der Waals surface area contributed by atoms with Crippen molar-refractivity contribution in [1.29, 1.82) is 0 Å². The van der Waals surface area contributed by atoms with E-state index < -0.39 is 26.7 Å². The molecule has 0 spiro atoms. The van der Waals surface area contributed by atoms with Crippen LogP contribution in [0.25, 0.3) is 0 Å². The third-order valence-corrected chi connectivity index (χ3v) is 6.09. The van der Waals surface area contributed by atoms with E-state index in [1.54, 1.807) is 19.2 Å². The van der Waals surface area contributed by atoms with Gasteiger partial charge < -0.3 is 4.90 Å². The Morgan fingerprint density at radius 2 is 1.81 bits per heavy atom. The molecule has 0 aromatic heterocycles. The van der Waals surface area contributed by atoms with Crippen LogP contribution in [0.2, 0.25) is 5.02 Å². The highest BCUT2D eigenvalue weighted by Crippen LogP contribution is 2.35. The second-order valence-electron chi connectivity index (χ2n) is 6.04. The molecule has 5 nitrogen and oxygen atoms in total. The summed E-state index contributed by atoms with van der Waals surface area (Å²) in [6, 6.07) is 6.68. The molecule has 0 aliphatic carbocycles. The van der Waals surface area contributed by atoms with Crippen LogP contribution in [0, 0.1) is 0 Å². The molecule has 0 saturated heterocycles. The van der Waals surface area contributed by atoms with Crippen LogP contribution in [-0.4, -0.2) is 21.4 Å². The van der Waals surface area contributed by atoms with Gasteiger partial charge in [-0.2, -0.15) is 13.2 Å². The first-order valence-corrected chi connectivity index (χ1v) is 9.64. The molecule has 0 fully saturated rings. The number of alkyl halides is 3. The van der Waals surface area contributed by atoms with Gasteiger partial charge in [0.25, 0.3) is 10.0 Å². The maximum atomic E-state index is 12.9. The second kappa shape index (κ2) is 6.72. The first kappa shape index (κ1) is 19.5. The van der Waals surface area contributed by atoms with Gasteiger partial charge in [-0.25, -0.2) is 8.42 Å². The summed E-state index contributed by atoms with van der Waals surface area (Å²) in [6.45, 7) is 0. The Morgan fingerprint density at radius 1 is 1.11 bits per heavy atom. The number of sulfonamides is 1. The van der Waals surface area contributed by atoms with E-state index in [-0.39, 0.29) is 16.6 Å². The number of rotatable bonds is 3. The van der Waals surface area contributed by atoms with Crippen molar-refractivity contribution < 1.29 is 26.4 Å². The second-order valence-corrected chi connectivity index (χ2v) is 8.10. The van der Waals surface area contributed by atoms with Crippen molar-refractivity contribution in [3.8, 4) is 0 Å². The molecule has 10 heteroatoms. The molecule has 3 rings (SSSR count). The molecule has 1 heterocycles. The van der Waals surface area contributed by atoms with Crippen molar-refractivity contribution in [1.82, 2.24) is 0 Å². The van der Waals surface area contributed by atoms with Crippen molar-refractivity contribution >= 4 is 38.9 Å². The average molecular weight is 419 g/mol. The zero-order chi connectivity index (χ0) is 20.0. The number of nitrogens with one attached hydrogen (secondary N) is 1. The highest BCUT2D eigenvalue weighted by atomic mass is 35.5. The molecule has 0 bridgehead atoms. The van der Waals surface area contributed by atoms with Crippen molar-refractivity contribution in [3.63, 3.8) is 0 Å². The zero-order valence-electron chi connectivity index (χ0n) is 14.0. The molecule has 1 N–H and O–H groups in total. The molecular formula is C17H14ClF3N2O3S. The molecular weight excluding hydrogens is 405 g/mol. The number of carbonyl (C=O) groups is 1.